The number of aromatic nitrogens is 4. The van der Waals surface area contributed by atoms with E-state index in [9.17, 15) is 19.2 Å². The van der Waals surface area contributed by atoms with Crippen molar-refractivity contribution in [3.8, 4) is 11.8 Å². The number of carbonyl (C=O) groups excluding carboxylic acids is 4. The van der Waals surface area contributed by atoms with Gasteiger partial charge in [0.1, 0.15) is 17.1 Å². The van der Waals surface area contributed by atoms with Crippen LogP contribution in [0.4, 0.5) is 14.3 Å². The van der Waals surface area contributed by atoms with Crippen molar-refractivity contribution in [1.82, 2.24) is 34.6 Å². The second-order valence-corrected chi connectivity index (χ2v) is 14.8. The number of nitrogens with one attached hydrogen (secondary N) is 2. The number of amides is 4. The summed E-state index contributed by atoms with van der Waals surface area (Å²) in [5.41, 5.74) is 2.08. The van der Waals surface area contributed by atoms with E-state index in [0.717, 1.165) is 25.1 Å². The zero-order valence-electron chi connectivity index (χ0n) is 28.9. The number of hydrogen-bond acceptors (Lipinski definition) is 9. The van der Waals surface area contributed by atoms with Crippen LogP contribution in [0.1, 0.15) is 95.0 Å². The summed E-state index contributed by atoms with van der Waals surface area (Å²) in [7, 11) is 0. The lowest BCUT2D eigenvalue weighted by Crippen LogP contribution is -2.47. The van der Waals surface area contributed by atoms with Gasteiger partial charge in [-0.1, -0.05) is 11.8 Å². The fourth-order valence-electron chi connectivity index (χ4n) is 6.61. The lowest BCUT2D eigenvalue weighted by Gasteiger charge is -2.33. The monoisotopic (exact) mass is 724 g/mol. The first-order valence-corrected chi connectivity index (χ1v) is 18.0. The summed E-state index contributed by atoms with van der Waals surface area (Å²) in [6.45, 7) is 7.09. The summed E-state index contributed by atoms with van der Waals surface area (Å²) in [5, 5.41) is 7.89. The van der Waals surface area contributed by atoms with Crippen LogP contribution in [0, 0.1) is 17.7 Å². The van der Waals surface area contributed by atoms with Gasteiger partial charge < -0.3 is 24.4 Å². The average molecular weight is 725 g/mol. The molecular weight excluding hydrogens is 688 g/mol. The van der Waals surface area contributed by atoms with Crippen molar-refractivity contribution in [3.05, 3.63) is 93.5 Å². The van der Waals surface area contributed by atoms with Gasteiger partial charge in [0.25, 0.3) is 17.7 Å². The summed E-state index contributed by atoms with van der Waals surface area (Å²) in [5.74, 6) is 3.93. The number of hydrogen-bond donors (Lipinski definition) is 2. The van der Waals surface area contributed by atoms with Crippen LogP contribution in [-0.2, 0) is 29.0 Å². The van der Waals surface area contributed by atoms with Crippen LogP contribution in [-0.4, -0.2) is 77.9 Å². The Kier molecular flexibility index (Phi) is 9.50. The number of benzene rings is 1. The highest BCUT2D eigenvalue weighted by Gasteiger charge is 2.42. The predicted molar refractivity (Wildman–Crippen MR) is 189 cm³/mol. The van der Waals surface area contributed by atoms with Crippen LogP contribution in [0.3, 0.4) is 0 Å². The molecule has 0 saturated carbocycles. The van der Waals surface area contributed by atoms with Crippen LogP contribution in [0.25, 0.3) is 0 Å². The third kappa shape index (κ3) is 7.38. The molecule has 13 nitrogen and oxygen atoms in total. The number of pyridine rings is 1. The Morgan fingerprint density at radius 1 is 1.06 bits per heavy atom. The number of imidazole rings is 1. The van der Waals surface area contributed by atoms with E-state index < -0.39 is 29.3 Å². The SMILES string of the molecule is CC(C)(C)OC(=O)N1CCC(NC(=O)c2ccc(C#Cc3cc(F)c4c(c3)C(=O)N(C(C(=O)Nc3nccs3)c3ncn5c3CCC5)C4)cn2)CC1. The summed E-state index contributed by atoms with van der Waals surface area (Å²) in [6, 6.07) is 4.81. The van der Waals surface area contributed by atoms with Crippen molar-refractivity contribution in [2.75, 3.05) is 18.4 Å². The van der Waals surface area contributed by atoms with Crippen LogP contribution in [0.5, 0.6) is 0 Å². The highest BCUT2D eigenvalue weighted by atomic mass is 32.1. The van der Waals surface area contributed by atoms with Gasteiger partial charge in [0.2, 0.25) is 0 Å². The Morgan fingerprint density at radius 2 is 1.85 bits per heavy atom. The van der Waals surface area contributed by atoms with Crippen LogP contribution < -0.4 is 10.6 Å². The first kappa shape index (κ1) is 34.8. The third-order valence-corrected chi connectivity index (χ3v) is 9.81. The minimum atomic E-state index is -1.08. The molecule has 2 N–H and O–H groups in total. The third-order valence-electron chi connectivity index (χ3n) is 9.12. The van der Waals surface area contributed by atoms with Crippen molar-refractivity contribution in [2.24, 2.45) is 0 Å². The summed E-state index contributed by atoms with van der Waals surface area (Å²) in [4.78, 5) is 68.7. The molecule has 52 heavy (non-hydrogen) atoms. The number of fused-ring (bicyclic) bond motifs is 2. The van der Waals surface area contributed by atoms with Crippen LogP contribution in [0.15, 0.2) is 48.4 Å². The quantitative estimate of drug-likeness (QED) is 0.272. The average Bonchev–Trinajstić information content (AvgIpc) is 3.92. The topological polar surface area (TPSA) is 152 Å². The summed E-state index contributed by atoms with van der Waals surface area (Å²) < 4.78 is 23.0. The molecule has 3 aliphatic rings. The molecule has 1 aromatic carbocycles. The van der Waals surface area contributed by atoms with Crippen LogP contribution >= 0.6 is 11.3 Å². The van der Waals surface area contributed by atoms with Gasteiger partial charge in [0.15, 0.2) is 11.2 Å². The Balaban J connectivity index is 1.02. The zero-order valence-corrected chi connectivity index (χ0v) is 29.8. The number of thiazole rings is 1. The second kappa shape index (κ2) is 14.2. The largest absolute Gasteiger partial charge is 0.444 e. The van der Waals surface area contributed by atoms with Gasteiger partial charge in [-0.15, -0.1) is 11.3 Å². The molecule has 1 unspecified atom stereocenters. The van der Waals surface area contributed by atoms with Crippen molar-refractivity contribution >= 4 is 40.3 Å². The van der Waals surface area contributed by atoms with Gasteiger partial charge in [0.05, 0.1) is 18.6 Å². The normalized spacial score (nSPS) is 16.1. The standard InChI is InChI=1S/C37H37FN8O5S/c1-37(2,3)51-36(50)44-14-10-24(11-15-44)42-32(47)28-9-8-22(19-40-28)6-7-23-17-25-26(27(38)18-23)20-46(34(25)49)31(33(48)43-35-39-12-16-52-35)30-29-5-4-13-45(29)21-41-30/h8-9,12,16-19,21,24,31H,4-5,10-11,13-15,20H2,1-3H3,(H,42,47)(H,39,43,48). The maximum absolute atomic E-state index is 15.6. The highest BCUT2D eigenvalue weighted by molar-refractivity contribution is 7.13. The van der Waals surface area contributed by atoms with Crippen molar-refractivity contribution < 1.29 is 28.3 Å². The Labute approximate surface area is 303 Å². The van der Waals surface area contributed by atoms with Gasteiger partial charge in [0, 0.05) is 71.4 Å². The van der Waals surface area contributed by atoms with E-state index in [-0.39, 0.29) is 47.0 Å². The zero-order chi connectivity index (χ0) is 36.6. The maximum atomic E-state index is 15.6. The van der Waals surface area contributed by atoms with Gasteiger partial charge in [-0.2, -0.15) is 0 Å². The van der Waals surface area contributed by atoms with Gasteiger partial charge in [-0.25, -0.2) is 24.1 Å². The van der Waals surface area contributed by atoms with E-state index >= 15 is 4.39 Å². The number of rotatable bonds is 6. The van der Waals surface area contributed by atoms with E-state index in [2.05, 4.69) is 37.4 Å². The minimum Gasteiger partial charge on any atom is -0.444 e. The van der Waals surface area contributed by atoms with E-state index in [1.165, 1.54) is 34.6 Å². The molecule has 1 fully saturated rings. The number of nitrogens with zero attached hydrogens (tertiary/aromatic N) is 6. The molecule has 4 amide bonds. The first-order valence-electron chi connectivity index (χ1n) is 17.1. The summed E-state index contributed by atoms with van der Waals surface area (Å²) in [6.07, 6.45) is 7.16. The molecule has 6 heterocycles. The van der Waals surface area contributed by atoms with E-state index in [4.69, 9.17) is 4.74 Å². The number of anilines is 1. The number of halogens is 1. The lowest BCUT2D eigenvalue weighted by molar-refractivity contribution is -0.121. The molecular formula is C37H37FN8O5S. The van der Waals surface area contributed by atoms with Gasteiger partial charge in [-0.3, -0.25) is 19.7 Å². The van der Waals surface area contributed by atoms with Crippen molar-refractivity contribution in [1.29, 1.82) is 0 Å². The molecule has 0 spiro atoms. The fourth-order valence-corrected chi connectivity index (χ4v) is 7.14. The molecule has 1 atom stereocenters. The number of likely N-dealkylation sites (tertiary alicyclic amines) is 1. The Bertz CT molecular complexity index is 2090. The van der Waals surface area contributed by atoms with Crippen molar-refractivity contribution in [3.63, 3.8) is 0 Å². The Hall–Kier alpha value is -5.62. The van der Waals surface area contributed by atoms with E-state index in [1.54, 1.807) is 34.9 Å². The molecule has 0 radical (unpaired) electrons. The van der Waals surface area contributed by atoms with E-state index in [1.807, 2.05) is 25.3 Å². The second-order valence-electron chi connectivity index (χ2n) is 13.9. The molecule has 3 aliphatic heterocycles. The molecule has 0 bridgehead atoms. The predicted octanol–water partition coefficient (Wildman–Crippen LogP) is 4.68. The minimum absolute atomic E-state index is 0.105. The van der Waals surface area contributed by atoms with E-state index in [0.29, 0.717) is 42.3 Å². The van der Waals surface area contributed by atoms with Crippen molar-refractivity contribution in [2.45, 2.75) is 77.2 Å². The van der Waals surface area contributed by atoms with Gasteiger partial charge in [-0.05, 0) is 70.7 Å². The summed E-state index contributed by atoms with van der Waals surface area (Å²) >= 11 is 1.26. The molecule has 4 aromatic rings. The molecule has 3 aromatic heterocycles. The molecule has 7 rings (SSSR count). The van der Waals surface area contributed by atoms with Crippen LogP contribution in [0.2, 0.25) is 0 Å². The molecule has 15 heteroatoms. The first-order chi connectivity index (χ1) is 24.9. The molecule has 268 valence electrons. The number of aryl methyl sites for hydroxylation is 1. The number of carbonyl (C=O) groups is 4. The lowest BCUT2D eigenvalue weighted by atomic mass is 10.0. The number of ether oxygens (including phenoxy) is 1. The molecule has 1 saturated heterocycles. The maximum Gasteiger partial charge on any atom is 0.410 e. The van der Waals surface area contributed by atoms with Gasteiger partial charge >= 0.3 is 6.09 Å². The highest BCUT2D eigenvalue weighted by Crippen LogP contribution is 2.36. The fraction of sp³-hybridized carbons (Fsp3) is 0.378. The smallest absolute Gasteiger partial charge is 0.410 e. The molecule has 0 aliphatic carbocycles. The number of piperidine rings is 1. The Morgan fingerprint density at radius 3 is 2.56 bits per heavy atom.